The largest absolute Gasteiger partial charge is 0.394 e. The molecule has 0 aromatic carbocycles. The zero-order valence-corrected chi connectivity index (χ0v) is 12.2. The molecule has 0 saturated heterocycles. The quantitative estimate of drug-likeness (QED) is 0.615. The maximum atomic E-state index is 8.59. The summed E-state index contributed by atoms with van der Waals surface area (Å²) in [4.78, 5) is 0. The molecule has 0 aliphatic heterocycles. The second kappa shape index (κ2) is 7.43. The number of aliphatic hydroxyl groups excluding tert-OH is 1. The molecule has 1 saturated carbocycles. The van der Waals surface area contributed by atoms with E-state index in [1.165, 1.54) is 0 Å². The Labute approximate surface area is 111 Å². The summed E-state index contributed by atoms with van der Waals surface area (Å²) >= 11 is 0. The van der Waals surface area contributed by atoms with Crippen LogP contribution in [0.1, 0.15) is 34.1 Å². The molecule has 0 spiro atoms. The van der Waals surface area contributed by atoms with Crippen molar-refractivity contribution in [3.05, 3.63) is 0 Å². The predicted molar refractivity (Wildman–Crippen MR) is 72.7 cm³/mol. The van der Waals surface area contributed by atoms with Crippen molar-refractivity contribution < 1.29 is 14.6 Å². The summed E-state index contributed by atoms with van der Waals surface area (Å²) in [6.07, 6.45) is 1.45. The van der Waals surface area contributed by atoms with Gasteiger partial charge >= 0.3 is 0 Å². The summed E-state index contributed by atoms with van der Waals surface area (Å²) in [5, 5.41) is 12.1. The maximum Gasteiger partial charge on any atom is 0.0698 e. The van der Waals surface area contributed by atoms with Crippen molar-refractivity contribution in [2.24, 2.45) is 11.3 Å². The van der Waals surface area contributed by atoms with Gasteiger partial charge in [-0.05, 0) is 12.3 Å². The van der Waals surface area contributed by atoms with E-state index in [0.717, 1.165) is 19.6 Å². The molecule has 1 rings (SSSR count). The van der Waals surface area contributed by atoms with Gasteiger partial charge in [0.2, 0.25) is 0 Å². The molecule has 2 unspecified atom stereocenters. The minimum absolute atomic E-state index is 0.0973. The molecule has 18 heavy (non-hydrogen) atoms. The van der Waals surface area contributed by atoms with Crippen molar-refractivity contribution in [1.29, 1.82) is 0 Å². The first-order valence-electron chi connectivity index (χ1n) is 7.02. The average Bonchev–Trinajstić information content (AvgIpc) is 2.30. The van der Waals surface area contributed by atoms with Gasteiger partial charge in [-0.25, -0.2) is 0 Å². The van der Waals surface area contributed by atoms with Crippen molar-refractivity contribution in [3.63, 3.8) is 0 Å². The molecular weight excluding hydrogens is 230 g/mol. The normalized spacial score (nSPS) is 26.3. The highest BCUT2D eigenvalue weighted by molar-refractivity contribution is 5.02. The molecule has 108 valence electrons. The molecular formula is C14H29NO3. The van der Waals surface area contributed by atoms with E-state index < -0.39 is 0 Å². The molecule has 1 aliphatic carbocycles. The SMILES string of the molecule is CC(C)COC1CC(NCCOCCO)C1(C)C. The second-order valence-corrected chi connectivity index (χ2v) is 6.12. The van der Waals surface area contributed by atoms with Gasteiger partial charge in [0.1, 0.15) is 0 Å². The first-order chi connectivity index (χ1) is 8.48. The third kappa shape index (κ3) is 4.50. The Kier molecular flexibility index (Phi) is 6.57. The Morgan fingerprint density at radius 2 is 2.06 bits per heavy atom. The Morgan fingerprint density at radius 3 is 2.61 bits per heavy atom. The van der Waals surface area contributed by atoms with Crippen molar-refractivity contribution >= 4 is 0 Å². The number of ether oxygens (including phenoxy) is 2. The Bertz CT molecular complexity index is 231. The standard InChI is InChI=1S/C14H29NO3/c1-11(2)10-18-13-9-12(14(13,3)4)15-5-7-17-8-6-16/h11-13,15-16H,5-10H2,1-4H3. The fraction of sp³-hybridized carbons (Fsp3) is 1.00. The lowest BCUT2D eigenvalue weighted by Crippen LogP contribution is -2.61. The Morgan fingerprint density at radius 1 is 1.33 bits per heavy atom. The van der Waals surface area contributed by atoms with E-state index in [2.05, 4.69) is 33.0 Å². The zero-order valence-electron chi connectivity index (χ0n) is 12.2. The maximum absolute atomic E-state index is 8.59. The van der Waals surface area contributed by atoms with Crippen LogP contribution in [0.5, 0.6) is 0 Å². The van der Waals surface area contributed by atoms with Gasteiger partial charge in [-0.15, -0.1) is 0 Å². The molecule has 0 aromatic rings. The first kappa shape index (κ1) is 15.9. The lowest BCUT2D eigenvalue weighted by atomic mass is 9.64. The summed E-state index contributed by atoms with van der Waals surface area (Å²) < 4.78 is 11.2. The molecule has 4 nitrogen and oxygen atoms in total. The second-order valence-electron chi connectivity index (χ2n) is 6.12. The monoisotopic (exact) mass is 259 g/mol. The highest BCUT2D eigenvalue weighted by Crippen LogP contribution is 2.42. The molecule has 1 fully saturated rings. The van der Waals surface area contributed by atoms with E-state index in [-0.39, 0.29) is 12.0 Å². The first-order valence-corrected chi connectivity index (χ1v) is 7.02. The smallest absolute Gasteiger partial charge is 0.0698 e. The fourth-order valence-corrected chi connectivity index (χ4v) is 2.30. The van der Waals surface area contributed by atoms with E-state index in [9.17, 15) is 0 Å². The van der Waals surface area contributed by atoms with Crippen molar-refractivity contribution in [1.82, 2.24) is 5.32 Å². The highest BCUT2D eigenvalue weighted by Gasteiger charge is 2.48. The highest BCUT2D eigenvalue weighted by atomic mass is 16.5. The molecule has 2 atom stereocenters. The van der Waals surface area contributed by atoms with E-state index >= 15 is 0 Å². The van der Waals surface area contributed by atoms with E-state index in [1.807, 2.05) is 0 Å². The van der Waals surface area contributed by atoms with Crippen LogP contribution >= 0.6 is 0 Å². The van der Waals surface area contributed by atoms with Gasteiger partial charge in [0, 0.05) is 24.6 Å². The molecule has 0 radical (unpaired) electrons. The van der Waals surface area contributed by atoms with E-state index in [1.54, 1.807) is 0 Å². The molecule has 1 aliphatic rings. The number of hydrogen-bond acceptors (Lipinski definition) is 4. The van der Waals surface area contributed by atoms with E-state index in [0.29, 0.717) is 31.3 Å². The number of hydrogen-bond donors (Lipinski definition) is 2. The molecule has 0 amide bonds. The predicted octanol–water partition coefficient (Wildman–Crippen LogP) is 1.42. The number of rotatable bonds is 9. The third-order valence-corrected chi connectivity index (χ3v) is 3.68. The van der Waals surface area contributed by atoms with Gasteiger partial charge in [0.15, 0.2) is 0 Å². The Hall–Kier alpha value is -0.160. The Balaban J connectivity index is 2.14. The van der Waals surface area contributed by atoms with Crippen LogP contribution < -0.4 is 5.32 Å². The van der Waals surface area contributed by atoms with Crippen LogP contribution in [0.3, 0.4) is 0 Å². The van der Waals surface area contributed by atoms with Gasteiger partial charge in [0.25, 0.3) is 0 Å². The van der Waals surface area contributed by atoms with Crippen molar-refractivity contribution in [3.8, 4) is 0 Å². The van der Waals surface area contributed by atoms with E-state index in [4.69, 9.17) is 14.6 Å². The van der Waals surface area contributed by atoms with Crippen LogP contribution in [0.4, 0.5) is 0 Å². The zero-order chi connectivity index (χ0) is 13.6. The summed E-state index contributed by atoms with van der Waals surface area (Å²) in [7, 11) is 0. The molecule has 4 heteroatoms. The minimum atomic E-state index is 0.0973. The molecule has 2 N–H and O–H groups in total. The topological polar surface area (TPSA) is 50.7 Å². The van der Waals surface area contributed by atoms with Crippen LogP contribution in [0, 0.1) is 11.3 Å². The van der Waals surface area contributed by atoms with Gasteiger partial charge < -0.3 is 19.9 Å². The van der Waals surface area contributed by atoms with Crippen molar-refractivity contribution in [2.75, 3.05) is 33.0 Å². The third-order valence-electron chi connectivity index (χ3n) is 3.68. The summed E-state index contributed by atoms with van der Waals surface area (Å²) in [5.41, 5.74) is 0.200. The lowest BCUT2D eigenvalue weighted by Gasteiger charge is -2.52. The lowest BCUT2D eigenvalue weighted by molar-refractivity contribution is -0.124. The summed E-state index contributed by atoms with van der Waals surface area (Å²) in [6.45, 7) is 11.7. The summed E-state index contributed by atoms with van der Waals surface area (Å²) in [6, 6.07) is 0.507. The van der Waals surface area contributed by atoms with Crippen LogP contribution in [-0.2, 0) is 9.47 Å². The summed E-state index contributed by atoms with van der Waals surface area (Å²) in [5.74, 6) is 0.597. The van der Waals surface area contributed by atoms with Crippen LogP contribution in [0.25, 0.3) is 0 Å². The molecule has 0 aromatic heterocycles. The number of aliphatic hydroxyl groups is 1. The molecule has 0 heterocycles. The van der Waals surface area contributed by atoms with Crippen LogP contribution in [0.15, 0.2) is 0 Å². The molecule has 0 bridgehead atoms. The van der Waals surface area contributed by atoms with Gasteiger partial charge in [-0.2, -0.15) is 0 Å². The van der Waals surface area contributed by atoms with Gasteiger partial charge in [-0.3, -0.25) is 0 Å². The average molecular weight is 259 g/mol. The number of nitrogens with one attached hydrogen (secondary N) is 1. The van der Waals surface area contributed by atoms with Crippen LogP contribution in [-0.4, -0.2) is 50.2 Å². The van der Waals surface area contributed by atoms with Gasteiger partial charge in [-0.1, -0.05) is 27.7 Å². The van der Waals surface area contributed by atoms with Crippen molar-refractivity contribution in [2.45, 2.75) is 46.3 Å². The van der Waals surface area contributed by atoms with Crippen LogP contribution in [0.2, 0.25) is 0 Å². The minimum Gasteiger partial charge on any atom is -0.394 e. The fourth-order valence-electron chi connectivity index (χ4n) is 2.30. The van der Waals surface area contributed by atoms with Gasteiger partial charge in [0.05, 0.1) is 25.9 Å².